The van der Waals surface area contributed by atoms with Crippen molar-refractivity contribution in [3.05, 3.63) is 0 Å². The van der Waals surface area contributed by atoms with Gasteiger partial charge in [-0.3, -0.25) is 9.59 Å². The van der Waals surface area contributed by atoms with E-state index in [1.54, 1.807) is 0 Å². The van der Waals surface area contributed by atoms with Gasteiger partial charge in [-0.15, -0.1) is 0 Å². The minimum Gasteiger partial charge on any atom is -0.480 e. The van der Waals surface area contributed by atoms with Gasteiger partial charge in [-0.25, -0.2) is 9.59 Å². The number of unbranched alkanes of at least 4 members (excludes halogenated alkanes) is 4. The van der Waals surface area contributed by atoms with E-state index >= 15 is 0 Å². The molecule has 0 saturated carbocycles. The van der Waals surface area contributed by atoms with Gasteiger partial charge in [0.2, 0.25) is 5.91 Å². The summed E-state index contributed by atoms with van der Waals surface area (Å²) in [5.74, 6) is -3.03. The Balaban J connectivity index is 4.12. The van der Waals surface area contributed by atoms with Crippen LogP contribution in [0.1, 0.15) is 65.2 Å². The SMILES string of the molecule is CCCCCCCC(=O)CC(=O)NC(CCOC(=O)C(C)O)C(=O)O. The third-order valence-corrected chi connectivity index (χ3v) is 3.54. The summed E-state index contributed by atoms with van der Waals surface area (Å²) in [6, 6.07) is -1.26. The van der Waals surface area contributed by atoms with Gasteiger partial charge in [0, 0.05) is 12.8 Å². The number of rotatable bonds is 14. The molecule has 0 bridgehead atoms. The van der Waals surface area contributed by atoms with E-state index < -0.39 is 30.0 Å². The van der Waals surface area contributed by atoms with Gasteiger partial charge in [0.05, 0.1) is 13.0 Å². The number of ether oxygens (including phenoxy) is 1. The number of ketones is 1. The van der Waals surface area contributed by atoms with Gasteiger partial charge >= 0.3 is 11.9 Å². The van der Waals surface area contributed by atoms with Crippen LogP contribution in [0, 0.1) is 0 Å². The van der Waals surface area contributed by atoms with Crippen molar-refractivity contribution in [3.8, 4) is 0 Å². The van der Waals surface area contributed by atoms with Crippen LogP contribution in [-0.4, -0.2) is 52.6 Å². The lowest BCUT2D eigenvalue weighted by Gasteiger charge is -2.14. The third kappa shape index (κ3) is 12.1. The van der Waals surface area contributed by atoms with Crippen molar-refractivity contribution in [3.63, 3.8) is 0 Å². The molecule has 25 heavy (non-hydrogen) atoms. The summed E-state index contributed by atoms with van der Waals surface area (Å²) in [6.07, 6.45) is 3.46. The Morgan fingerprint density at radius 1 is 1.08 bits per heavy atom. The molecule has 0 aliphatic heterocycles. The van der Waals surface area contributed by atoms with Crippen molar-refractivity contribution in [1.82, 2.24) is 5.32 Å². The fourth-order valence-corrected chi connectivity index (χ4v) is 2.09. The Bertz CT molecular complexity index is 448. The van der Waals surface area contributed by atoms with E-state index in [-0.39, 0.29) is 25.2 Å². The highest BCUT2D eigenvalue weighted by Crippen LogP contribution is 2.06. The number of aliphatic hydroxyl groups excluding tert-OH is 1. The number of aliphatic carboxylic acids is 1. The van der Waals surface area contributed by atoms with Crippen LogP contribution in [0.5, 0.6) is 0 Å². The lowest BCUT2D eigenvalue weighted by molar-refractivity contribution is -0.154. The van der Waals surface area contributed by atoms with Crippen molar-refractivity contribution in [2.45, 2.75) is 77.4 Å². The quantitative estimate of drug-likeness (QED) is 0.241. The molecule has 0 aliphatic rings. The number of carbonyl (C=O) groups is 4. The maximum absolute atomic E-state index is 11.8. The number of carboxylic acids is 1. The molecule has 0 radical (unpaired) electrons. The van der Waals surface area contributed by atoms with E-state index in [4.69, 9.17) is 10.2 Å². The van der Waals surface area contributed by atoms with E-state index in [0.717, 1.165) is 32.1 Å². The zero-order valence-electron chi connectivity index (χ0n) is 15.0. The lowest BCUT2D eigenvalue weighted by Crippen LogP contribution is -2.42. The summed E-state index contributed by atoms with van der Waals surface area (Å²) in [6.45, 7) is 3.07. The number of Topliss-reactive ketones (excluding diaryl/α,β-unsaturated/α-hetero) is 1. The molecule has 2 atom stereocenters. The summed E-state index contributed by atoms with van der Waals surface area (Å²) in [5.41, 5.74) is 0. The van der Waals surface area contributed by atoms with Crippen molar-refractivity contribution in [2.75, 3.05) is 6.61 Å². The molecule has 0 heterocycles. The normalized spacial score (nSPS) is 12.9. The van der Waals surface area contributed by atoms with Gasteiger partial charge < -0.3 is 20.3 Å². The first-order valence-electron chi connectivity index (χ1n) is 8.66. The second kappa shape index (κ2) is 13.3. The number of hydrogen-bond acceptors (Lipinski definition) is 6. The molecule has 1 amide bonds. The van der Waals surface area contributed by atoms with E-state index in [2.05, 4.69) is 17.0 Å². The predicted molar refractivity (Wildman–Crippen MR) is 89.8 cm³/mol. The van der Waals surface area contributed by atoms with Crippen molar-refractivity contribution >= 4 is 23.6 Å². The molecule has 144 valence electrons. The van der Waals surface area contributed by atoms with Gasteiger partial charge in [-0.2, -0.15) is 0 Å². The summed E-state index contributed by atoms with van der Waals surface area (Å²) in [4.78, 5) is 45.7. The number of nitrogens with one attached hydrogen (secondary N) is 1. The number of esters is 1. The number of hydrogen-bond donors (Lipinski definition) is 3. The Morgan fingerprint density at radius 2 is 1.72 bits per heavy atom. The Morgan fingerprint density at radius 3 is 2.28 bits per heavy atom. The fourth-order valence-electron chi connectivity index (χ4n) is 2.09. The predicted octanol–water partition coefficient (Wildman–Crippen LogP) is 1.19. The molecule has 0 aliphatic carbocycles. The van der Waals surface area contributed by atoms with Crippen LogP contribution in [0.15, 0.2) is 0 Å². The molecule has 0 spiro atoms. The van der Waals surface area contributed by atoms with Crippen molar-refractivity contribution in [2.24, 2.45) is 0 Å². The number of aliphatic hydroxyl groups is 1. The first-order chi connectivity index (χ1) is 11.8. The van der Waals surface area contributed by atoms with Crippen LogP contribution in [0.3, 0.4) is 0 Å². The van der Waals surface area contributed by atoms with E-state index in [9.17, 15) is 19.2 Å². The summed E-state index contributed by atoms with van der Waals surface area (Å²) in [7, 11) is 0. The second-order valence-corrected chi connectivity index (χ2v) is 5.97. The van der Waals surface area contributed by atoms with Gasteiger partial charge in [0.25, 0.3) is 0 Å². The molecule has 0 fully saturated rings. The minimum absolute atomic E-state index is 0.148. The van der Waals surface area contributed by atoms with Crippen LogP contribution in [0.4, 0.5) is 0 Å². The van der Waals surface area contributed by atoms with E-state index in [0.29, 0.717) is 6.42 Å². The molecule has 0 rings (SSSR count). The Hall–Kier alpha value is -1.96. The standard InChI is InChI=1S/C17H29NO7/c1-3-4-5-6-7-8-13(20)11-15(21)18-14(16(22)23)9-10-25-17(24)12(2)19/h12,14,19H,3-11H2,1-2H3,(H,18,21)(H,22,23). The molecular weight excluding hydrogens is 330 g/mol. The smallest absolute Gasteiger partial charge is 0.334 e. The zero-order chi connectivity index (χ0) is 19.2. The largest absolute Gasteiger partial charge is 0.480 e. The third-order valence-electron chi connectivity index (χ3n) is 3.54. The van der Waals surface area contributed by atoms with Crippen LogP contribution >= 0.6 is 0 Å². The molecule has 2 unspecified atom stereocenters. The fraction of sp³-hybridized carbons (Fsp3) is 0.765. The maximum Gasteiger partial charge on any atom is 0.334 e. The summed E-state index contributed by atoms with van der Waals surface area (Å²) < 4.78 is 4.66. The minimum atomic E-state index is -1.30. The summed E-state index contributed by atoms with van der Waals surface area (Å²) in [5, 5.41) is 20.3. The van der Waals surface area contributed by atoms with Crippen molar-refractivity contribution < 1.29 is 34.1 Å². The van der Waals surface area contributed by atoms with Crippen molar-refractivity contribution in [1.29, 1.82) is 0 Å². The molecule has 8 nitrogen and oxygen atoms in total. The monoisotopic (exact) mass is 359 g/mol. The first-order valence-corrected chi connectivity index (χ1v) is 8.66. The van der Waals surface area contributed by atoms with Gasteiger partial charge in [-0.1, -0.05) is 32.6 Å². The molecule has 0 aromatic heterocycles. The average molecular weight is 359 g/mol. The molecule has 8 heteroatoms. The Kier molecular flexibility index (Phi) is 12.3. The van der Waals surface area contributed by atoms with E-state index in [1.165, 1.54) is 6.92 Å². The number of carboxylic acid groups (broad SMARTS) is 1. The molecular formula is C17H29NO7. The zero-order valence-corrected chi connectivity index (χ0v) is 15.0. The van der Waals surface area contributed by atoms with Crippen LogP contribution < -0.4 is 5.32 Å². The highest BCUT2D eigenvalue weighted by molar-refractivity contribution is 5.99. The topological polar surface area (TPSA) is 130 Å². The lowest BCUT2D eigenvalue weighted by atomic mass is 10.1. The second-order valence-electron chi connectivity index (χ2n) is 5.97. The van der Waals surface area contributed by atoms with Crippen LogP contribution in [-0.2, 0) is 23.9 Å². The molecule has 0 aromatic rings. The first kappa shape index (κ1) is 23.0. The highest BCUT2D eigenvalue weighted by atomic mass is 16.5. The molecule has 3 N–H and O–H groups in total. The maximum atomic E-state index is 11.8. The van der Waals surface area contributed by atoms with Crippen LogP contribution in [0.2, 0.25) is 0 Å². The van der Waals surface area contributed by atoms with Gasteiger partial charge in [0.15, 0.2) is 0 Å². The number of amides is 1. The van der Waals surface area contributed by atoms with E-state index in [1.807, 2.05) is 0 Å². The molecule has 0 saturated heterocycles. The Labute approximate surface area is 147 Å². The highest BCUT2D eigenvalue weighted by Gasteiger charge is 2.22. The van der Waals surface area contributed by atoms with Gasteiger partial charge in [-0.05, 0) is 13.3 Å². The van der Waals surface area contributed by atoms with Gasteiger partial charge in [0.1, 0.15) is 17.9 Å². The summed E-state index contributed by atoms with van der Waals surface area (Å²) >= 11 is 0. The van der Waals surface area contributed by atoms with Crippen LogP contribution in [0.25, 0.3) is 0 Å². The number of carbonyl (C=O) groups excluding carboxylic acids is 3. The average Bonchev–Trinajstić information content (AvgIpc) is 2.53. The molecule has 0 aromatic carbocycles.